The second-order valence-corrected chi connectivity index (χ2v) is 5.54. The summed E-state index contributed by atoms with van der Waals surface area (Å²) in [5.74, 6) is -1.21. The maximum Gasteiger partial charge on any atom is 0.343 e. The number of amides is 2. The number of ether oxygens (including phenoxy) is 2. The van der Waals surface area contributed by atoms with Gasteiger partial charge in [-0.2, -0.15) is 5.10 Å². The molecule has 28 heavy (non-hydrogen) atoms. The Kier molecular flexibility index (Phi) is 10.0. The normalized spacial score (nSPS) is 11.6. The van der Waals surface area contributed by atoms with Crippen LogP contribution in [0.1, 0.15) is 24.9 Å². The zero-order valence-corrected chi connectivity index (χ0v) is 15.9. The van der Waals surface area contributed by atoms with Gasteiger partial charge in [0.1, 0.15) is 17.9 Å². The van der Waals surface area contributed by atoms with Crippen LogP contribution >= 0.6 is 0 Å². The first-order valence-electron chi connectivity index (χ1n) is 8.52. The molecule has 1 atom stereocenters. The van der Waals surface area contributed by atoms with Crippen LogP contribution in [0.5, 0.6) is 5.75 Å². The third-order valence-electron chi connectivity index (χ3n) is 3.45. The predicted octanol–water partition coefficient (Wildman–Crippen LogP) is 1.51. The van der Waals surface area contributed by atoms with E-state index in [1.54, 1.807) is 0 Å². The van der Waals surface area contributed by atoms with Crippen LogP contribution in [0, 0.1) is 5.82 Å². The summed E-state index contributed by atoms with van der Waals surface area (Å²) in [4.78, 5) is 24.9. The van der Waals surface area contributed by atoms with Crippen LogP contribution in [0.15, 0.2) is 36.1 Å². The first kappa shape index (κ1) is 22.9. The van der Waals surface area contributed by atoms with Crippen molar-refractivity contribution in [3.05, 3.63) is 42.4 Å². The monoisotopic (exact) mass is 396 g/mol. The molecule has 0 aliphatic heterocycles. The summed E-state index contributed by atoms with van der Waals surface area (Å²) in [5.41, 5.74) is 2.76. The van der Waals surface area contributed by atoms with Gasteiger partial charge in [0, 0.05) is 18.8 Å². The van der Waals surface area contributed by atoms with Crippen LogP contribution in [-0.4, -0.2) is 55.2 Å². The second kappa shape index (κ2) is 12.3. The number of hydrogen-bond acceptors (Lipinski definition) is 7. The lowest BCUT2D eigenvalue weighted by Gasteiger charge is -2.23. The van der Waals surface area contributed by atoms with Crippen molar-refractivity contribution in [2.45, 2.75) is 19.4 Å². The van der Waals surface area contributed by atoms with Crippen LogP contribution in [-0.2, 0) is 9.53 Å². The zero-order valence-electron chi connectivity index (χ0n) is 15.9. The van der Waals surface area contributed by atoms with Crippen molar-refractivity contribution in [1.82, 2.24) is 15.6 Å². The Morgan fingerprint density at radius 3 is 2.79 bits per heavy atom. The van der Waals surface area contributed by atoms with Crippen molar-refractivity contribution in [3.8, 4) is 5.75 Å². The summed E-state index contributed by atoms with van der Waals surface area (Å²) < 4.78 is 23.5. The highest BCUT2D eigenvalue weighted by Gasteiger charge is 2.19. The van der Waals surface area contributed by atoms with Gasteiger partial charge < -0.3 is 19.9 Å². The number of benzene rings is 1. The molecule has 0 aromatic heterocycles. The van der Waals surface area contributed by atoms with Gasteiger partial charge in [-0.1, -0.05) is 13.5 Å². The Balaban J connectivity index is 2.93. The molecule has 0 aliphatic carbocycles. The molecule has 0 heterocycles. The second-order valence-electron chi connectivity index (χ2n) is 5.54. The average Bonchev–Trinajstić information content (AvgIpc) is 2.69. The summed E-state index contributed by atoms with van der Waals surface area (Å²) in [6.07, 6.45) is 3.30. The number of aliphatic hydroxyl groups is 1. The predicted molar refractivity (Wildman–Crippen MR) is 101 cm³/mol. The topological polar surface area (TPSA) is 112 Å². The molecule has 1 aromatic carbocycles. The molecule has 0 bridgehead atoms. The Morgan fingerprint density at radius 2 is 2.18 bits per heavy atom. The number of nitrogens with one attached hydrogen (secondary N) is 2. The largest absolute Gasteiger partial charge is 0.482 e. The number of urea groups is 1. The van der Waals surface area contributed by atoms with Crippen LogP contribution in [0.3, 0.4) is 0 Å². The van der Waals surface area contributed by atoms with E-state index >= 15 is 0 Å². The molecule has 0 unspecified atom stereocenters. The minimum absolute atomic E-state index is 0.0651. The van der Waals surface area contributed by atoms with E-state index < -0.39 is 37.1 Å². The number of hydrazone groups is 1. The first-order chi connectivity index (χ1) is 13.4. The van der Waals surface area contributed by atoms with Gasteiger partial charge in [0.15, 0.2) is 6.61 Å². The molecule has 1 rings (SSSR count). The van der Waals surface area contributed by atoms with E-state index in [1.807, 2.05) is 6.92 Å². The summed E-state index contributed by atoms with van der Waals surface area (Å²) >= 11 is 0. The van der Waals surface area contributed by atoms with Crippen LogP contribution in [0.25, 0.3) is 0 Å². The molecule has 154 valence electrons. The minimum Gasteiger partial charge on any atom is -0.482 e. The average molecular weight is 396 g/mol. The Bertz CT molecular complexity index is 699. The molecule has 3 N–H and O–H groups in total. The van der Waals surface area contributed by atoms with E-state index in [0.717, 1.165) is 12.1 Å². The number of rotatable bonds is 11. The molecular weight excluding hydrogens is 371 g/mol. The van der Waals surface area contributed by atoms with Gasteiger partial charge >= 0.3 is 12.0 Å². The number of aliphatic hydroxyl groups excluding tert-OH is 1. The molecular formula is C18H25FN4O5. The van der Waals surface area contributed by atoms with Crippen molar-refractivity contribution in [2.75, 3.05) is 26.9 Å². The van der Waals surface area contributed by atoms with Gasteiger partial charge in [-0.3, -0.25) is 10.3 Å². The SMILES string of the molecule is C=CN/N=C\N(CCC)C(=O)N[C@H](CO)c1cc(F)cc(OCC(=O)OC)c1. The molecule has 0 aliphatic rings. The Hall–Kier alpha value is -3.14. The van der Waals surface area contributed by atoms with Crippen LogP contribution in [0.4, 0.5) is 9.18 Å². The summed E-state index contributed by atoms with van der Waals surface area (Å²) in [6.45, 7) is 4.83. The quantitative estimate of drug-likeness (QED) is 0.226. The number of nitrogens with zero attached hydrogens (tertiary/aromatic N) is 2. The van der Waals surface area contributed by atoms with Gasteiger partial charge in [-0.15, -0.1) is 0 Å². The molecule has 0 fully saturated rings. The highest BCUT2D eigenvalue weighted by Crippen LogP contribution is 2.22. The fourth-order valence-electron chi connectivity index (χ4n) is 2.14. The lowest BCUT2D eigenvalue weighted by molar-refractivity contribution is -0.142. The highest BCUT2D eigenvalue weighted by molar-refractivity contribution is 5.86. The van der Waals surface area contributed by atoms with Crippen molar-refractivity contribution in [3.63, 3.8) is 0 Å². The molecule has 9 nitrogen and oxygen atoms in total. The van der Waals surface area contributed by atoms with E-state index in [1.165, 1.54) is 30.6 Å². The summed E-state index contributed by atoms with van der Waals surface area (Å²) in [6, 6.07) is 2.23. The third kappa shape index (κ3) is 7.62. The van der Waals surface area contributed by atoms with Crippen molar-refractivity contribution in [2.24, 2.45) is 5.10 Å². The summed E-state index contributed by atoms with van der Waals surface area (Å²) in [5, 5.41) is 16.1. The van der Waals surface area contributed by atoms with E-state index in [-0.39, 0.29) is 11.3 Å². The van der Waals surface area contributed by atoms with Gasteiger partial charge in [0.05, 0.1) is 19.8 Å². The highest BCUT2D eigenvalue weighted by atomic mass is 19.1. The molecule has 1 aromatic rings. The van der Waals surface area contributed by atoms with Crippen molar-refractivity contribution in [1.29, 1.82) is 0 Å². The number of methoxy groups -OCH3 is 1. The molecule has 2 amide bonds. The van der Waals surface area contributed by atoms with Crippen LogP contribution in [0.2, 0.25) is 0 Å². The molecule has 0 saturated carbocycles. The third-order valence-corrected chi connectivity index (χ3v) is 3.45. The number of halogens is 1. The van der Waals surface area contributed by atoms with Crippen molar-refractivity contribution < 1.29 is 28.6 Å². The number of carbonyl (C=O) groups excluding carboxylic acids is 2. The molecule has 0 spiro atoms. The van der Waals surface area contributed by atoms with Crippen LogP contribution < -0.4 is 15.5 Å². The lowest BCUT2D eigenvalue weighted by atomic mass is 10.1. The Labute approximate surface area is 162 Å². The van der Waals surface area contributed by atoms with E-state index in [9.17, 15) is 19.1 Å². The molecule has 0 radical (unpaired) electrons. The fourth-order valence-corrected chi connectivity index (χ4v) is 2.14. The first-order valence-corrected chi connectivity index (χ1v) is 8.52. The maximum atomic E-state index is 13.9. The molecule has 10 heteroatoms. The van der Waals surface area contributed by atoms with E-state index in [0.29, 0.717) is 13.0 Å². The number of carbonyl (C=O) groups is 2. The Morgan fingerprint density at radius 1 is 1.43 bits per heavy atom. The van der Waals surface area contributed by atoms with Gasteiger partial charge in [0.25, 0.3) is 0 Å². The van der Waals surface area contributed by atoms with Gasteiger partial charge in [-0.25, -0.2) is 14.0 Å². The zero-order chi connectivity index (χ0) is 20.9. The fraction of sp³-hybridized carbons (Fsp3) is 0.389. The van der Waals surface area contributed by atoms with Gasteiger partial charge in [-0.05, 0) is 24.1 Å². The van der Waals surface area contributed by atoms with E-state index in [2.05, 4.69) is 27.2 Å². The smallest absolute Gasteiger partial charge is 0.343 e. The summed E-state index contributed by atoms with van der Waals surface area (Å²) in [7, 11) is 1.20. The maximum absolute atomic E-state index is 13.9. The lowest BCUT2D eigenvalue weighted by Crippen LogP contribution is -2.42. The number of esters is 1. The minimum atomic E-state index is -0.899. The van der Waals surface area contributed by atoms with E-state index in [4.69, 9.17) is 4.74 Å². The molecule has 0 saturated heterocycles. The van der Waals surface area contributed by atoms with Crippen molar-refractivity contribution >= 4 is 18.3 Å². The standard InChI is InChI=1S/C18H25FN4O5/c1-4-6-23(12-21-20-5-2)18(26)22-16(10-24)13-7-14(19)9-15(8-13)28-11-17(25)27-3/h5,7-9,12,16,20,24H,2,4,6,10-11H2,1,3H3,(H,22,26)/b21-12-/t16-/m1/s1. The van der Waals surface area contributed by atoms with Gasteiger partial charge in [0.2, 0.25) is 0 Å². The number of hydrogen-bond donors (Lipinski definition) is 3.